The van der Waals surface area contributed by atoms with Crippen LogP contribution in [-0.2, 0) is 16.1 Å². The summed E-state index contributed by atoms with van der Waals surface area (Å²) in [4.78, 5) is 0. The first-order chi connectivity index (χ1) is 9.59. The molecule has 1 aliphatic heterocycles. The van der Waals surface area contributed by atoms with Crippen LogP contribution in [0.15, 0.2) is 24.3 Å². The molecule has 112 valence electrons. The van der Waals surface area contributed by atoms with Gasteiger partial charge in [0.15, 0.2) is 0 Å². The van der Waals surface area contributed by atoms with E-state index in [4.69, 9.17) is 21.1 Å². The third-order valence-electron chi connectivity index (χ3n) is 3.51. The predicted octanol–water partition coefficient (Wildman–Crippen LogP) is 1.99. The minimum absolute atomic E-state index is 0.0241. The summed E-state index contributed by atoms with van der Waals surface area (Å²) in [6.07, 6.45) is 0.440. The first kappa shape index (κ1) is 15.7. The predicted molar refractivity (Wildman–Crippen MR) is 79.0 cm³/mol. The van der Waals surface area contributed by atoms with Crippen LogP contribution in [0.3, 0.4) is 0 Å². The van der Waals surface area contributed by atoms with Gasteiger partial charge < -0.3 is 19.9 Å². The molecule has 0 amide bonds. The Hall–Kier alpha value is -0.650. The average Bonchev–Trinajstić information content (AvgIpc) is 2.86. The van der Waals surface area contributed by atoms with Gasteiger partial charge in [0, 0.05) is 23.7 Å². The molecule has 2 atom stereocenters. The topological polar surface area (TPSA) is 50.7 Å². The average molecular weight is 300 g/mol. The van der Waals surface area contributed by atoms with E-state index < -0.39 is 6.10 Å². The molecule has 1 saturated heterocycles. The number of β-amino-alcohol motifs (C(OH)–C–C–N with tert-alkyl or cyclic N) is 1. The second-order valence-corrected chi connectivity index (χ2v) is 5.91. The first-order valence-corrected chi connectivity index (χ1v) is 7.29. The second kappa shape index (κ2) is 7.38. The minimum Gasteiger partial charge on any atom is -0.389 e. The van der Waals surface area contributed by atoms with Crippen molar-refractivity contribution >= 4 is 11.6 Å². The number of benzene rings is 1. The van der Waals surface area contributed by atoms with Crippen LogP contribution in [0.1, 0.15) is 18.9 Å². The van der Waals surface area contributed by atoms with Crippen molar-refractivity contribution in [2.45, 2.75) is 31.6 Å². The van der Waals surface area contributed by atoms with Crippen LogP contribution < -0.4 is 5.32 Å². The van der Waals surface area contributed by atoms with Crippen molar-refractivity contribution in [3.8, 4) is 0 Å². The lowest BCUT2D eigenvalue weighted by atomic mass is 10.0. The van der Waals surface area contributed by atoms with E-state index in [0.29, 0.717) is 24.8 Å². The van der Waals surface area contributed by atoms with Crippen molar-refractivity contribution in [1.82, 2.24) is 5.32 Å². The van der Waals surface area contributed by atoms with E-state index in [-0.39, 0.29) is 12.1 Å². The van der Waals surface area contributed by atoms with Crippen molar-refractivity contribution in [3.63, 3.8) is 0 Å². The fourth-order valence-corrected chi connectivity index (χ4v) is 2.34. The molecule has 1 aromatic carbocycles. The van der Waals surface area contributed by atoms with Crippen molar-refractivity contribution < 1.29 is 14.6 Å². The van der Waals surface area contributed by atoms with E-state index in [9.17, 15) is 5.11 Å². The molecule has 1 aromatic rings. The van der Waals surface area contributed by atoms with Crippen molar-refractivity contribution in [2.24, 2.45) is 0 Å². The molecular weight excluding hydrogens is 278 g/mol. The summed E-state index contributed by atoms with van der Waals surface area (Å²) in [5.74, 6) is 0. The fraction of sp³-hybridized carbons (Fsp3) is 0.600. The van der Waals surface area contributed by atoms with Gasteiger partial charge in [0.2, 0.25) is 0 Å². The molecular formula is C15H22ClNO3. The number of hydrogen-bond acceptors (Lipinski definition) is 4. The Kier molecular flexibility index (Phi) is 5.81. The molecule has 5 heteroatoms. The van der Waals surface area contributed by atoms with Crippen LogP contribution in [0, 0.1) is 0 Å². The van der Waals surface area contributed by atoms with E-state index in [1.807, 2.05) is 24.3 Å². The van der Waals surface area contributed by atoms with Crippen LogP contribution in [0.5, 0.6) is 0 Å². The third-order valence-corrected chi connectivity index (χ3v) is 3.88. The van der Waals surface area contributed by atoms with Gasteiger partial charge in [-0.25, -0.2) is 0 Å². The van der Waals surface area contributed by atoms with Crippen LogP contribution in [-0.4, -0.2) is 43.1 Å². The molecule has 2 unspecified atom stereocenters. The monoisotopic (exact) mass is 299 g/mol. The Labute approximate surface area is 125 Å². The Morgan fingerprint density at radius 1 is 1.50 bits per heavy atom. The van der Waals surface area contributed by atoms with Crippen LogP contribution in [0.4, 0.5) is 0 Å². The summed E-state index contributed by atoms with van der Waals surface area (Å²) >= 11 is 6.04. The molecule has 4 nitrogen and oxygen atoms in total. The van der Waals surface area contributed by atoms with E-state index in [0.717, 1.165) is 18.6 Å². The van der Waals surface area contributed by atoms with Crippen LogP contribution in [0.25, 0.3) is 0 Å². The Morgan fingerprint density at radius 2 is 2.30 bits per heavy atom. The number of rotatable bonds is 7. The first-order valence-electron chi connectivity index (χ1n) is 6.91. The Morgan fingerprint density at radius 3 is 3.00 bits per heavy atom. The van der Waals surface area contributed by atoms with Gasteiger partial charge in [-0.2, -0.15) is 0 Å². The molecule has 0 aliphatic carbocycles. The summed E-state index contributed by atoms with van der Waals surface area (Å²) in [5, 5.41) is 13.9. The van der Waals surface area contributed by atoms with Crippen molar-refractivity contribution in [3.05, 3.63) is 34.9 Å². The van der Waals surface area contributed by atoms with E-state index in [1.54, 1.807) is 0 Å². The quantitative estimate of drug-likeness (QED) is 0.808. The maximum Gasteiger partial charge on any atom is 0.0898 e. The van der Waals surface area contributed by atoms with Gasteiger partial charge in [-0.1, -0.05) is 29.8 Å². The summed E-state index contributed by atoms with van der Waals surface area (Å²) < 4.78 is 10.9. The second-order valence-electron chi connectivity index (χ2n) is 5.50. The highest BCUT2D eigenvalue weighted by molar-refractivity contribution is 6.31. The maximum atomic E-state index is 9.91. The zero-order valence-electron chi connectivity index (χ0n) is 11.8. The molecule has 1 aliphatic rings. The summed E-state index contributed by atoms with van der Waals surface area (Å²) in [5.41, 5.74) is 0.912. The van der Waals surface area contributed by atoms with E-state index >= 15 is 0 Å². The number of aliphatic hydroxyl groups excluding tert-OH is 1. The number of nitrogens with one attached hydrogen (secondary N) is 1. The highest BCUT2D eigenvalue weighted by Gasteiger charge is 2.29. The molecule has 0 spiro atoms. The Bertz CT molecular complexity index is 421. The van der Waals surface area contributed by atoms with Gasteiger partial charge >= 0.3 is 0 Å². The smallest absolute Gasteiger partial charge is 0.0898 e. The minimum atomic E-state index is -0.532. The maximum absolute atomic E-state index is 9.91. The third kappa shape index (κ3) is 4.72. The van der Waals surface area contributed by atoms with Crippen molar-refractivity contribution in [2.75, 3.05) is 26.4 Å². The van der Waals surface area contributed by atoms with Crippen molar-refractivity contribution in [1.29, 1.82) is 0 Å². The normalized spacial score (nSPS) is 23.9. The highest BCUT2D eigenvalue weighted by Crippen LogP contribution is 2.17. The number of aliphatic hydroxyl groups is 1. The number of hydrogen-bond donors (Lipinski definition) is 2. The molecule has 0 aromatic heterocycles. The van der Waals surface area contributed by atoms with Gasteiger partial charge in [0.1, 0.15) is 0 Å². The van der Waals surface area contributed by atoms with Gasteiger partial charge in [-0.05, 0) is 25.0 Å². The van der Waals surface area contributed by atoms with Gasteiger partial charge in [-0.15, -0.1) is 0 Å². The summed E-state index contributed by atoms with van der Waals surface area (Å²) in [6.45, 7) is 4.79. The molecule has 20 heavy (non-hydrogen) atoms. The molecule has 1 fully saturated rings. The summed E-state index contributed by atoms with van der Waals surface area (Å²) in [7, 11) is 0. The lowest BCUT2D eigenvalue weighted by Crippen LogP contribution is -2.47. The van der Waals surface area contributed by atoms with Gasteiger partial charge in [0.05, 0.1) is 25.9 Å². The van der Waals surface area contributed by atoms with Gasteiger partial charge in [-0.3, -0.25) is 0 Å². The molecule has 2 rings (SSSR count). The van der Waals surface area contributed by atoms with Gasteiger partial charge in [0.25, 0.3) is 0 Å². The molecule has 2 N–H and O–H groups in total. The number of ether oxygens (including phenoxy) is 2. The molecule has 0 radical (unpaired) electrons. The lowest BCUT2D eigenvalue weighted by Gasteiger charge is -2.25. The molecule has 0 saturated carbocycles. The van der Waals surface area contributed by atoms with E-state index in [1.165, 1.54) is 0 Å². The largest absolute Gasteiger partial charge is 0.389 e. The summed E-state index contributed by atoms with van der Waals surface area (Å²) in [6, 6.07) is 7.56. The lowest BCUT2D eigenvalue weighted by molar-refractivity contribution is 0.0248. The highest BCUT2D eigenvalue weighted by atomic mass is 35.5. The SMILES string of the molecule is CC1(NCC(O)COCc2ccccc2Cl)CCOC1. The molecule has 0 bridgehead atoms. The Balaban J connectivity index is 1.65. The fourth-order valence-electron chi connectivity index (χ4n) is 2.15. The standard InChI is InChI=1S/C15H22ClNO3/c1-15(6-7-19-11-15)17-8-13(18)10-20-9-12-4-2-3-5-14(12)16/h2-5,13,17-18H,6-11H2,1H3. The van der Waals surface area contributed by atoms with E-state index in [2.05, 4.69) is 12.2 Å². The zero-order chi connectivity index (χ0) is 14.4. The zero-order valence-corrected chi connectivity index (χ0v) is 12.5. The molecule has 1 heterocycles. The number of halogens is 1. The van der Waals surface area contributed by atoms with Crippen LogP contribution >= 0.6 is 11.6 Å². The van der Waals surface area contributed by atoms with Crippen LogP contribution in [0.2, 0.25) is 5.02 Å².